The van der Waals surface area contributed by atoms with Gasteiger partial charge in [-0.3, -0.25) is 0 Å². The molecular weight excluding hydrogens is 630 g/mol. The van der Waals surface area contributed by atoms with Crippen LogP contribution in [-0.2, 0) is 9.47 Å². The van der Waals surface area contributed by atoms with Gasteiger partial charge in [-0.25, -0.2) is 14.4 Å². The lowest BCUT2D eigenvalue weighted by Crippen LogP contribution is -2.14. The van der Waals surface area contributed by atoms with Crippen molar-refractivity contribution in [2.45, 2.75) is 79.1 Å². The molecule has 9 heteroatoms. The highest BCUT2D eigenvalue weighted by molar-refractivity contribution is 5.90. The van der Waals surface area contributed by atoms with Crippen molar-refractivity contribution >= 4 is 35.0 Å². The number of unbranched alkanes of at least 4 members (excludes halogenated alkanes) is 2. The molecule has 0 radical (unpaired) electrons. The second kappa shape index (κ2) is 24.6. The average molecular weight is 692 g/mol. The summed E-state index contributed by atoms with van der Waals surface area (Å²) in [5.41, 5.74) is 9.58. The first-order chi connectivity index (χ1) is 23.9. The van der Waals surface area contributed by atoms with Crippen molar-refractivity contribution in [3.63, 3.8) is 0 Å². The predicted molar refractivity (Wildman–Crippen MR) is 207 cm³/mol. The van der Waals surface area contributed by atoms with Gasteiger partial charge in [-0.1, -0.05) is 66.2 Å². The first kappa shape index (κ1) is 43.5. The van der Waals surface area contributed by atoms with Crippen molar-refractivity contribution < 1.29 is 29.0 Å². The SMILES string of the molecule is CCCCC(CC)COC(=O)c1ccc(N(C)C)cc1.CCCCC(CC)COC(=O)c1ccc(N(C)C)cc1.Nc1ccc(C(=O)O)cc1. The molecular formula is C41H61N3O6. The molecule has 0 aliphatic carbocycles. The number of aromatic carboxylic acids is 1. The lowest BCUT2D eigenvalue weighted by molar-refractivity contribution is 0.0419. The molecule has 0 saturated carbocycles. The van der Waals surface area contributed by atoms with Crippen LogP contribution in [0.3, 0.4) is 0 Å². The third-order valence-corrected chi connectivity index (χ3v) is 8.38. The normalized spacial score (nSPS) is 11.4. The van der Waals surface area contributed by atoms with E-state index in [4.69, 9.17) is 20.3 Å². The van der Waals surface area contributed by atoms with E-state index < -0.39 is 5.97 Å². The molecule has 3 N–H and O–H groups in total. The number of carboxylic acids is 1. The second-order valence-corrected chi connectivity index (χ2v) is 12.8. The van der Waals surface area contributed by atoms with Crippen LogP contribution >= 0.6 is 0 Å². The van der Waals surface area contributed by atoms with Gasteiger partial charge in [0.15, 0.2) is 0 Å². The van der Waals surface area contributed by atoms with Crippen molar-refractivity contribution in [3.8, 4) is 0 Å². The van der Waals surface area contributed by atoms with Gasteiger partial charge in [0.25, 0.3) is 0 Å². The molecule has 2 unspecified atom stereocenters. The molecule has 9 nitrogen and oxygen atoms in total. The fourth-order valence-electron chi connectivity index (χ4n) is 4.77. The number of esters is 2. The Morgan fingerprint density at radius 3 is 1.22 bits per heavy atom. The number of benzene rings is 3. The number of hydrogen-bond acceptors (Lipinski definition) is 8. The molecule has 0 aliphatic heterocycles. The number of rotatable bonds is 17. The molecule has 0 heterocycles. The standard InChI is InChI=1S/2C17H27NO2.C7H7NO2/c2*1-5-7-8-14(6-2)13-20-17(19)15-9-11-16(12-10-15)18(3)4;8-6-3-1-5(2-4-6)7(9)10/h2*9-12,14H,5-8,13H2,1-4H3;1-4H,8H2,(H,9,10). The number of nitrogen functional groups attached to an aromatic ring is 1. The summed E-state index contributed by atoms with van der Waals surface area (Å²) < 4.78 is 10.9. The van der Waals surface area contributed by atoms with E-state index in [0.29, 0.717) is 41.9 Å². The van der Waals surface area contributed by atoms with E-state index >= 15 is 0 Å². The lowest BCUT2D eigenvalue weighted by Gasteiger charge is -2.15. The van der Waals surface area contributed by atoms with Crippen LogP contribution in [0.15, 0.2) is 72.8 Å². The summed E-state index contributed by atoms with van der Waals surface area (Å²) in [6.45, 7) is 9.74. The number of nitrogens with zero attached hydrogens (tertiary/aromatic N) is 2. The fourth-order valence-corrected chi connectivity index (χ4v) is 4.77. The van der Waals surface area contributed by atoms with E-state index in [1.165, 1.54) is 37.8 Å². The number of ether oxygens (including phenoxy) is 2. The van der Waals surface area contributed by atoms with Crippen LogP contribution < -0.4 is 15.5 Å². The monoisotopic (exact) mass is 691 g/mol. The Kier molecular flexibility index (Phi) is 21.4. The summed E-state index contributed by atoms with van der Waals surface area (Å²) in [6, 6.07) is 21.1. The summed E-state index contributed by atoms with van der Waals surface area (Å²) in [6.07, 6.45) is 9.19. The molecule has 0 bridgehead atoms. The van der Waals surface area contributed by atoms with E-state index in [1.54, 1.807) is 12.1 Å². The van der Waals surface area contributed by atoms with Crippen molar-refractivity contribution in [1.29, 1.82) is 0 Å². The largest absolute Gasteiger partial charge is 0.478 e. The molecule has 2 atom stereocenters. The summed E-state index contributed by atoms with van der Waals surface area (Å²) in [5, 5.41) is 8.43. The lowest BCUT2D eigenvalue weighted by atomic mass is 10.0. The quantitative estimate of drug-likeness (QED) is 0.105. The highest BCUT2D eigenvalue weighted by Crippen LogP contribution is 2.18. The molecule has 276 valence electrons. The zero-order chi connectivity index (χ0) is 37.5. The summed E-state index contributed by atoms with van der Waals surface area (Å²) in [4.78, 5) is 38.3. The van der Waals surface area contributed by atoms with Crippen LogP contribution in [0.1, 0.15) is 110 Å². The number of hydrogen-bond donors (Lipinski definition) is 2. The average Bonchev–Trinajstić information content (AvgIpc) is 3.12. The molecule has 3 rings (SSSR count). The molecule has 0 saturated heterocycles. The third kappa shape index (κ3) is 17.2. The van der Waals surface area contributed by atoms with Gasteiger partial charge < -0.3 is 30.1 Å². The smallest absolute Gasteiger partial charge is 0.338 e. The van der Waals surface area contributed by atoms with Gasteiger partial charge in [-0.15, -0.1) is 0 Å². The van der Waals surface area contributed by atoms with Crippen molar-refractivity contribution in [3.05, 3.63) is 89.5 Å². The molecule has 0 fully saturated rings. The van der Waals surface area contributed by atoms with Gasteiger partial charge in [0.05, 0.1) is 29.9 Å². The Balaban J connectivity index is 0.000000396. The third-order valence-electron chi connectivity index (χ3n) is 8.38. The van der Waals surface area contributed by atoms with E-state index in [-0.39, 0.29) is 17.5 Å². The fraction of sp³-hybridized carbons (Fsp3) is 0.488. The maximum atomic E-state index is 12.0. The van der Waals surface area contributed by atoms with Crippen LogP contribution in [0.2, 0.25) is 0 Å². The topological polar surface area (TPSA) is 122 Å². The first-order valence-corrected chi connectivity index (χ1v) is 17.8. The molecule has 0 spiro atoms. The van der Waals surface area contributed by atoms with Gasteiger partial charge in [0.2, 0.25) is 0 Å². The van der Waals surface area contributed by atoms with Crippen molar-refractivity contribution in [1.82, 2.24) is 0 Å². The van der Waals surface area contributed by atoms with Crippen LogP contribution in [-0.4, -0.2) is 64.4 Å². The van der Waals surface area contributed by atoms with E-state index in [9.17, 15) is 14.4 Å². The zero-order valence-corrected chi connectivity index (χ0v) is 31.6. The van der Waals surface area contributed by atoms with Gasteiger partial charge >= 0.3 is 17.9 Å². The minimum Gasteiger partial charge on any atom is -0.478 e. The molecule has 50 heavy (non-hydrogen) atoms. The zero-order valence-electron chi connectivity index (χ0n) is 31.6. The van der Waals surface area contributed by atoms with Crippen LogP contribution in [0.25, 0.3) is 0 Å². The van der Waals surface area contributed by atoms with Crippen LogP contribution in [0.4, 0.5) is 17.1 Å². The summed E-state index contributed by atoms with van der Waals surface area (Å²) in [5.74, 6) is -0.393. The van der Waals surface area contributed by atoms with Gasteiger partial charge in [-0.2, -0.15) is 0 Å². The Morgan fingerprint density at radius 1 is 0.600 bits per heavy atom. The maximum Gasteiger partial charge on any atom is 0.338 e. The number of anilines is 3. The van der Waals surface area contributed by atoms with Gasteiger partial charge in [0.1, 0.15) is 0 Å². The van der Waals surface area contributed by atoms with E-state index in [0.717, 1.165) is 37.1 Å². The van der Waals surface area contributed by atoms with Crippen LogP contribution in [0.5, 0.6) is 0 Å². The molecule has 0 amide bonds. The van der Waals surface area contributed by atoms with Crippen molar-refractivity contribution in [2.24, 2.45) is 11.8 Å². The second-order valence-electron chi connectivity index (χ2n) is 12.8. The maximum absolute atomic E-state index is 12.0. The Bertz CT molecular complexity index is 1290. The summed E-state index contributed by atoms with van der Waals surface area (Å²) in [7, 11) is 7.92. The predicted octanol–water partition coefficient (Wildman–Crippen LogP) is 9.22. The Morgan fingerprint density at radius 2 is 0.940 bits per heavy atom. The molecule has 0 aromatic heterocycles. The number of nitrogens with two attached hydrogens (primary N) is 1. The highest BCUT2D eigenvalue weighted by atomic mass is 16.5. The highest BCUT2D eigenvalue weighted by Gasteiger charge is 2.13. The first-order valence-electron chi connectivity index (χ1n) is 17.8. The van der Waals surface area contributed by atoms with Crippen molar-refractivity contribution in [2.75, 3.05) is 56.9 Å². The van der Waals surface area contributed by atoms with Gasteiger partial charge in [-0.05, 0) is 97.5 Å². The number of carbonyl (C=O) groups is 3. The van der Waals surface area contributed by atoms with E-state index in [2.05, 4.69) is 27.7 Å². The molecule has 3 aromatic rings. The van der Waals surface area contributed by atoms with Gasteiger partial charge in [0, 0.05) is 45.3 Å². The summed E-state index contributed by atoms with van der Waals surface area (Å²) >= 11 is 0. The molecule has 0 aliphatic rings. The van der Waals surface area contributed by atoms with E-state index in [1.807, 2.05) is 86.5 Å². The minimum absolute atomic E-state index is 0.217. The minimum atomic E-state index is -0.931. The Hall–Kier alpha value is -4.53. The van der Waals surface area contributed by atoms with Crippen LogP contribution in [0, 0.1) is 11.8 Å². The Labute approximate surface area is 300 Å². The molecule has 3 aromatic carbocycles. The number of carbonyl (C=O) groups excluding carboxylic acids is 2. The number of carboxylic acid groups (broad SMARTS) is 1.